The second-order valence-corrected chi connectivity index (χ2v) is 8.82. The summed E-state index contributed by atoms with van der Waals surface area (Å²) in [5.74, 6) is -0.404. The van der Waals surface area contributed by atoms with Crippen molar-refractivity contribution in [2.75, 3.05) is 18.0 Å². The number of aromatic nitrogens is 6. The van der Waals surface area contributed by atoms with Gasteiger partial charge in [0.1, 0.15) is 5.69 Å². The van der Waals surface area contributed by atoms with E-state index in [4.69, 9.17) is 11.6 Å². The Hall–Kier alpha value is -3.40. The molecular weight excluding hydrogens is 546 g/mol. The summed E-state index contributed by atoms with van der Waals surface area (Å²) < 4.78 is 78.9. The molecule has 4 rings (SSSR count). The van der Waals surface area contributed by atoms with Crippen molar-refractivity contribution < 1.29 is 36.2 Å². The van der Waals surface area contributed by atoms with Crippen molar-refractivity contribution in [1.29, 1.82) is 0 Å². The molecule has 1 atom stereocenters. The summed E-state index contributed by atoms with van der Waals surface area (Å²) >= 11 is 5.90. The minimum atomic E-state index is -5.02. The van der Waals surface area contributed by atoms with Crippen molar-refractivity contribution in [3.8, 4) is 0 Å². The van der Waals surface area contributed by atoms with Crippen LogP contribution in [-0.2, 0) is 25.3 Å². The van der Waals surface area contributed by atoms with Gasteiger partial charge in [0.05, 0.1) is 17.7 Å². The number of carbonyl (C=O) groups excluding carboxylic acids is 1. The van der Waals surface area contributed by atoms with Gasteiger partial charge in [0.15, 0.2) is 11.6 Å². The van der Waals surface area contributed by atoms with Crippen molar-refractivity contribution in [3.63, 3.8) is 0 Å². The second kappa shape index (κ2) is 10.4. The van der Waals surface area contributed by atoms with E-state index in [0.717, 1.165) is 10.9 Å². The summed E-state index contributed by atoms with van der Waals surface area (Å²) in [6.07, 6.45) is -10.8. The van der Waals surface area contributed by atoms with E-state index in [0.29, 0.717) is 19.0 Å². The number of anilines is 1. The fourth-order valence-corrected chi connectivity index (χ4v) is 4.24. The smallest absolute Gasteiger partial charge is 0.356 e. The van der Waals surface area contributed by atoms with Gasteiger partial charge in [-0.05, 0) is 47.4 Å². The molecule has 2 aromatic heterocycles. The maximum Gasteiger partial charge on any atom is 0.416 e. The number of amides is 1. The maximum absolute atomic E-state index is 13.4. The van der Waals surface area contributed by atoms with E-state index in [1.807, 2.05) is 6.92 Å². The third kappa shape index (κ3) is 5.70. The lowest BCUT2D eigenvalue weighted by molar-refractivity contribution is -0.143. The molecular formula is C21H21ClF6N8O2. The number of aliphatic hydroxyl groups is 1. The van der Waals surface area contributed by atoms with Gasteiger partial charge >= 0.3 is 12.4 Å². The van der Waals surface area contributed by atoms with Crippen LogP contribution in [-0.4, -0.2) is 65.5 Å². The molecule has 0 radical (unpaired) electrons. The van der Waals surface area contributed by atoms with Crippen LogP contribution in [0.15, 0.2) is 18.2 Å². The average molecular weight is 567 g/mol. The highest BCUT2D eigenvalue weighted by Crippen LogP contribution is 2.38. The van der Waals surface area contributed by atoms with Crippen LogP contribution < -0.4 is 4.90 Å². The van der Waals surface area contributed by atoms with Crippen LogP contribution in [0.1, 0.15) is 52.8 Å². The molecule has 10 nitrogen and oxygen atoms in total. The zero-order valence-corrected chi connectivity index (χ0v) is 20.4. The number of H-pyrrole nitrogens is 1. The molecule has 2 N–H and O–H groups in total. The monoisotopic (exact) mass is 566 g/mol. The summed E-state index contributed by atoms with van der Waals surface area (Å²) in [5, 5.41) is 22.2. The van der Waals surface area contributed by atoms with Crippen LogP contribution in [0.2, 0.25) is 5.28 Å². The highest BCUT2D eigenvalue weighted by atomic mass is 35.5. The first-order chi connectivity index (χ1) is 17.8. The number of aliphatic hydroxyl groups excluding tert-OH is 1. The van der Waals surface area contributed by atoms with Crippen molar-refractivity contribution >= 4 is 23.3 Å². The third-order valence-electron chi connectivity index (χ3n) is 5.77. The number of alkyl halides is 6. The number of imidazole rings is 1. The number of aromatic amines is 1. The number of tetrazole rings is 1. The Balaban J connectivity index is 1.43. The van der Waals surface area contributed by atoms with Crippen molar-refractivity contribution in [3.05, 3.63) is 51.7 Å². The Morgan fingerprint density at radius 1 is 1.08 bits per heavy atom. The standard InChI is InChI=1S/C21H21ClF6N8O2/c1-2-6-34-16-15(29-18(22)30-16)17(37)35(19(34)38)7-3-8-36-32-14(31-33-36)9-11-4-5-12(20(23,24)25)10-13(11)21(26,27)28/h4-5,10,19,38H,2-3,6-9H2,1H3,(H,29,30). The van der Waals surface area contributed by atoms with Gasteiger partial charge in [-0.25, -0.2) is 0 Å². The van der Waals surface area contributed by atoms with E-state index in [2.05, 4.69) is 25.4 Å². The highest BCUT2D eigenvalue weighted by Gasteiger charge is 2.39. The van der Waals surface area contributed by atoms with Crippen LogP contribution in [0.25, 0.3) is 0 Å². The number of benzene rings is 1. The van der Waals surface area contributed by atoms with Crippen molar-refractivity contribution in [2.45, 2.75) is 51.4 Å². The predicted octanol–water partition coefficient (Wildman–Crippen LogP) is 3.72. The minimum Gasteiger partial charge on any atom is -0.356 e. The quantitative estimate of drug-likeness (QED) is 0.399. The Bertz CT molecular complexity index is 1310. The van der Waals surface area contributed by atoms with Gasteiger partial charge in [-0.1, -0.05) is 13.0 Å². The molecule has 0 spiro atoms. The normalized spacial score (nSPS) is 16.3. The number of carbonyl (C=O) groups is 1. The van der Waals surface area contributed by atoms with Crippen LogP contribution in [0, 0.1) is 0 Å². The van der Waals surface area contributed by atoms with Gasteiger partial charge in [-0.15, -0.1) is 10.2 Å². The zero-order chi connectivity index (χ0) is 27.8. The molecule has 38 heavy (non-hydrogen) atoms. The first kappa shape index (κ1) is 27.6. The lowest BCUT2D eigenvalue weighted by atomic mass is 10.0. The summed E-state index contributed by atoms with van der Waals surface area (Å²) in [4.78, 5) is 23.4. The van der Waals surface area contributed by atoms with E-state index in [9.17, 15) is 36.2 Å². The molecule has 3 aromatic rings. The van der Waals surface area contributed by atoms with Gasteiger partial charge in [0, 0.05) is 19.5 Å². The molecule has 1 aliphatic heterocycles. The van der Waals surface area contributed by atoms with E-state index < -0.39 is 47.7 Å². The number of halogens is 7. The minimum absolute atomic E-state index is 0.000394. The fraction of sp³-hybridized carbons (Fsp3) is 0.476. The lowest BCUT2D eigenvalue weighted by Gasteiger charge is -2.40. The first-order valence-electron chi connectivity index (χ1n) is 11.3. The zero-order valence-electron chi connectivity index (χ0n) is 19.7. The van der Waals surface area contributed by atoms with E-state index in [1.165, 1.54) is 9.80 Å². The molecule has 206 valence electrons. The van der Waals surface area contributed by atoms with Gasteiger partial charge in [-0.3, -0.25) is 9.69 Å². The largest absolute Gasteiger partial charge is 0.416 e. The number of nitrogens with one attached hydrogen (secondary N) is 1. The molecule has 0 aliphatic carbocycles. The van der Waals surface area contributed by atoms with Crippen LogP contribution in [0.4, 0.5) is 32.2 Å². The summed E-state index contributed by atoms with van der Waals surface area (Å²) in [6.45, 7) is 2.44. The van der Waals surface area contributed by atoms with Gasteiger partial charge < -0.3 is 15.0 Å². The SMILES string of the molecule is CCCN1c2nc(Cl)[nH]c2C(=O)N(CCCn2nnc(Cc3ccc(C(F)(F)F)cc3C(F)(F)F)n2)C1O. The van der Waals surface area contributed by atoms with Gasteiger partial charge in [-0.2, -0.15) is 36.1 Å². The molecule has 1 unspecified atom stereocenters. The number of fused-ring (bicyclic) bond motifs is 1. The van der Waals surface area contributed by atoms with E-state index in [1.54, 1.807) is 0 Å². The number of aryl methyl sites for hydroxylation is 1. The first-order valence-corrected chi connectivity index (χ1v) is 11.7. The molecule has 1 aliphatic rings. The molecule has 3 heterocycles. The molecule has 0 saturated carbocycles. The van der Waals surface area contributed by atoms with Crippen molar-refractivity contribution in [1.82, 2.24) is 35.1 Å². The Labute approximate surface area is 216 Å². The number of hydrogen-bond donors (Lipinski definition) is 2. The molecule has 1 aromatic carbocycles. The Kier molecular flexibility index (Phi) is 7.56. The Morgan fingerprint density at radius 3 is 2.47 bits per heavy atom. The Morgan fingerprint density at radius 2 is 1.82 bits per heavy atom. The fourth-order valence-electron chi connectivity index (χ4n) is 4.06. The van der Waals surface area contributed by atoms with E-state index in [-0.39, 0.29) is 48.2 Å². The average Bonchev–Trinajstić information content (AvgIpc) is 3.44. The van der Waals surface area contributed by atoms with Crippen LogP contribution in [0.3, 0.4) is 0 Å². The van der Waals surface area contributed by atoms with Crippen molar-refractivity contribution in [2.24, 2.45) is 0 Å². The molecule has 17 heteroatoms. The summed E-state index contributed by atoms with van der Waals surface area (Å²) in [6, 6.07) is 1.37. The summed E-state index contributed by atoms with van der Waals surface area (Å²) in [5.41, 5.74) is -3.15. The number of nitrogens with zero attached hydrogens (tertiary/aromatic N) is 7. The van der Waals surface area contributed by atoms with Gasteiger partial charge in [0.2, 0.25) is 11.6 Å². The topological polar surface area (TPSA) is 116 Å². The summed E-state index contributed by atoms with van der Waals surface area (Å²) in [7, 11) is 0. The second-order valence-electron chi connectivity index (χ2n) is 8.46. The molecule has 1 amide bonds. The van der Waals surface area contributed by atoms with Crippen LogP contribution >= 0.6 is 11.6 Å². The van der Waals surface area contributed by atoms with Crippen LogP contribution in [0.5, 0.6) is 0 Å². The molecule has 0 fully saturated rings. The molecule has 0 bridgehead atoms. The maximum atomic E-state index is 13.4. The highest BCUT2D eigenvalue weighted by molar-refractivity contribution is 6.29. The predicted molar refractivity (Wildman–Crippen MR) is 120 cm³/mol. The number of rotatable bonds is 8. The third-order valence-corrected chi connectivity index (χ3v) is 5.95. The number of hydrogen-bond acceptors (Lipinski definition) is 7. The van der Waals surface area contributed by atoms with Gasteiger partial charge in [0.25, 0.3) is 5.91 Å². The van der Waals surface area contributed by atoms with E-state index >= 15 is 0 Å². The lowest BCUT2D eigenvalue weighted by Crippen LogP contribution is -2.56. The molecule has 0 saturated heterocycles.